The van der Waals surface area contributed by atoms with Crippen LogP contribution < -0.4 is 5.14 Å². The number of nitro benzene ring substituents is 1. The van der Waals surface area contributed by atoms with Crippen molar-refractivity contribution in [3.8, 4) is 0 Å². The van der Waals surface area contributed by atoms with Gasteiger partial charge >= 0.3 is 0 Å². The van der Waals surface area contributed by atoms with Crippen molar-refractivity contribution >= 4 is 15.7 Å². The fourth-order valence-corrected chi connectivity index (χ4v) is 2.24. The van der Waals surface area contributed by atoms with E-state index in [-0.39, 0.29) is 10.7 Å². The molecule has 2 rings (SSSR count). The second kappa shape index (κ2) is 5.39. The van der Waals surface area contributed by atoms with Gasteiger partial charge in [0.15, 0.2) is 5.03 Å². The number of benzene rings is 1. The lowest BCUT2D eigenvalue weighted by Gasteiger charge is -2.03. The molecule has 0 aliphatic heterocycles. The summed E-state index contributed by atoms with van der Waals surface area (Å²) in [4.78, 5) is 14.1. The molecule has 9 heteroatoms. The van der Waals surface area contributed by atoms with E-state index in [9.17, 15) is 18.5 Å². The van der Waals surface area contributed by atoms with Gasteiger partial charge in [0.25, 0.3) is 15.7 Å². The van der Waals surface area contributed by atoms with Crippen molar-refractivity contribution in [2.24, 2.45) is 5.14 Å². The van der Waals surface area contributed by atoms with Crippen molar-refractivity contribution in [2.75, 3.05) is 0 Å². The summed E-state index contributed by atoms with van der Waals surface area (Å²) in [5.41, 5.74) is 0.614. The molecule has 1 aromatic carbocycles. The fourth-order valence-electron chi connectivity index (χ4n) is 1.76. The standard InChI is InChI=1S/C11H12N4O4S/c12-20(18,19)11-7-14(8-13-11)6-5-9-3-1-2-4-10(9)15(16)17/h1-4,7-8H,5-6H2,(H2,12,18,19). The summed E-state index contributed by atoms with van der Waals surface area (Å²) in [6.45, 7) is 0.368. The van der Waals surface area contributed by atoms with E-state index in [4.69, 9.17) is 5.14 Å². The lowest BCUT2D eigenvalue weighted by molar-refractivity contribution is -0.385. The van der Waals surface area contributed by atoms with Crippen LogP contribution in [-0.2, 0) is 23.0 Å². The molecule has 0 unspecified atom stereocenters. The van der Waals surface area contributed by atoms with Crippen molar-refractivity contribution in [1.82, 2.24) is 9.55 Å². The van der Waals surface area contributed by atoms with E-state index >= 15 is 0 Å². The molecule has 1 heterocycles. The monoisotopic (exact) mass is 296 g/mol. The minimum Gasteiger partial charge on any atom is -0.336 e. The van der Waals surface area contributed by atoms with Crippen LogP contribution in [-0.4, -0.2) is 22.9 Å². The molecule has 0 saturated heterocycles. The Bertz CT molecular complexity index is 738. The molecule has 20 heavy (non-hydrogen) atoms. The van der Waals surface area contributed by atoms with Crippen LogP contribution in [0.5, 0.6) is 0 Å². The van der Waals surface area contributed by atoms with Gasteiger partial charge < -0.3 is 4.57 Å². The minimum absolute atomic E-state index is 0.0410. The van der Waals surface area contributed by atoms with E-state index in [1.54, 1.807) is 18.2 Å². The van der Waals surface area contributed by atoms with Gasteiger partial charge in [-0.25, -0.2) is 18.5 Å². The van der Waals surface area contributed by atoms with Crippen LogP contribution in [0.25, 0.3) is 0 Å². The van der Waals surface area contributed by atoms with Crippen molar-refractivity contribution in [2.45, 2.75) is 18.0 Å². The molecular formula is C11H12N4O4S. The van der Waals surface area contributed by atoms with Crippen LogP contribution in [0, 0.1) is 10.1 Å². The highest BCUT2D eigenvalue weighted by molar-refractivity contribution is 7.89. The normalized spacial score (nSPS) is 11.4. The third-order valence-corrected chi connectivity index (χ3v) is 3.52. The highest BCUT2D eigenvalue weighted by atomic mass is 32.2. The first-order chi connectivity index (χ1) is 9.38. The van der Waals surface area contributed by atoms with Gasteiger partial charge in [0.05, 0.1) is 11.3 Å². The van der Waals surface area contributed by atoms with Crippen molar-refractivity contribution < 1.29 is 13.3 Å². The van der Waals surface area contributed by atoms with E-state index in [1.807, 2.05) is 0 Å². The van der Waals surface area contributed by atoms with Crippen LogP contribution >= 0.6 is 0 Å². The number of nitrogens with two attached hydrogens (primary N) is 1. The number of para-hydroxylation sites is 1. The van der Waals surface area contributed by atoms with Gasteiger partial charge in [0.1, 0.15) is 0 Å². The quantitative estimate of drug-likeness (QED) is 0.642. The number of nitrogens with zero attached hydrogens (tertiary/aromatic N) is 3. The van der Waals surface area contributed by atoms with Gasteiger partial charge in [-0.15, -0.1) is 0 Å². The number of primary sulfonamides is 1. The lowest BCUT2D eigenvalue weighted by Crippen LogP contribution is -2.12. The molecule has 0 spiro atoms. The number of hydrogen-bond acceptors (Lipinski definition) is 5. The largest absolute Gasteiger partial charge is 0.336 e. The van der Waals surface area contributed by atoms with Gasteiger partial charge in [0.2, 0.25) is 0 Å². The zero-order valence-corrected chi connectivity index (χ0v) is 11.2. The van der Waals surface area contributed by atoms with Gasteiger partial charge in [0, 0.05) is 24.4 Å². The zero-order chi connectivity index (χ0) is 14.8. The highest BCUT2D eigenvalue weighted by Gasteiger charge is 2.14. The molecule has 0 aliphatic rings. The average molecular weight is 296 g/mol. The number of aryl methyl sites for hydroxylation is 2. The molecule has 0 saturated carbocycles. The number of imidazole rings is 1. The lowest BCUT2D eigenvalue weighted by atomic mass is 10.1. The van der Waals surface area contributed by atoms with Crippen LogP contribution in [0.3, 0.4) is 0 Å². The zero-order valence-electron chi connectivity index (χ0n) is 10.3. The molecule has 2 aromatic rings. The second-order valence-corrected chi connectivity index (χ2v) is 5.64. The van der Waals surface area contributed by atoms with Gasteiger partial charge in [-0.3, -0.25) is 10.1 Å². The first kappa shape index (κ1) is 14.2. The summed E-state index contributed by atoms with van der Waals surface area (Å²) in [6, 6.07) is 6.40. The maximum Gasteiger partial charge on any atom is 0.272 e. The van der Waals surface area contributed by atoms with Crippen LogP contribution in [0.15, 0.2) is 41.8 Å². The van der Waals surface area contributed by atoms with E-state index in [0.717, 1.165) is 0 Å². The van der Waals surface area contributed by atoms with E-state index in [0.29, 0.717) is 18.5 Å². The Balaban J connectivity index is 2.14. The molecular weight excluding hydrogens is 284 g/mol. The summed E-state index contributed by atoms with van der Waals surface area (Å²) in [5, 5.41) is 15.6. The van der Waals surface area contributed by atoms with Crippen LogP contribution in [0.1, 0.15) is 5.56 Å². The van der Waals surface area contributed by atoms with Crippen LogP contribution in [0.2, 0.25) is 0 Å². The third kappa shape index (κ3) is 3.19. The predicted octanol–water partition coefficient (Wildman–Crippen LogP) is 0.681. The van der Waals surface area contributed by atoms with Gasteiger partial charge in [-0.1, -0.05) is 18.2 Å². The number of sulfonamides is 1. The Morgan fingerprint density at radius 2 is 2.05 bits per heavy atom. The molecule has 0 bridgehead atoms. The molecule has 0 radical (unpaired) electrons. The third-order valence-electron chi connectivity index (χ3n) is 2.73. The number of hydrogen-bond donors (Lipinski definition) is 1. The van der Waals surface area contributed by atoms with Crippen molar-refractivity contribution in [1.29, 1.82) is 0 Å². The summed E-state index contributed by atoms with van der Waals surface area (Å²) < 4.78 is 23.7. The Morgan fingerprint density at radius 1 is 1.35 bits per heavy atom. The Kier molecular flexibility index (Phi) is 3.81. The summed E-state index contributed by atoms with van der Waals surface area (Å²) in [7, 11) is -3.83. The fraction of sp³-hybridized carbons (Fsp3) is 0.182. The Hall–Kier alpha value is -2.26. The minimum atomic E-state index is -3.83. The number of nitro groups is 1. The van der Waals surface area contributed by atoms with Gasteiger partial charge in [-0.2, -0.15) is 0 Å². The molecule has 2 N–H and O–H groups in total. The smallest absolute Gasteiger partial charge is 0.272 e. The Morgan fingerprint density at radius 3 is 2.65 bits per heavy atom. The maximum absolute atomic E-state index is 11.1. The first-order valence-electron chi connectivity index (χ1n) is 5.65. The molecule has 0 atom stereocenters. The van der Waals surface area contributed by atoms with Gasteiger partial charge in [-0.05, 0) is 6.42 Å². The average Bonchev–Trinajstić information content (AvgIpc) is 2.85. The summed E-state index contributed by atoms with van der Waals surface area (Å²) in [5.74, 6) is 0. The highest BCUT2D eigenvalue weighted by Crippen LogP contribution is 2.18. The second-order valence-electron chi connectivity index (χ2n) is 4.13. The Labute approximate surface area is 115 Å². The number of rotatable bonds is 5. The van der Waals surface area contributed by atoms with Crippen LogP contribution in [0.4, 0.5) is 5.69 Å². The van der Waals surface area contributed by atoms with E-state index in [2.05, 4.69) is 4.98 Å². The first-order valence-corrected chi connectivity index (χ1v) is 7.19. The van der Waals surface area contributed by atoms with E-state index < -0.39 is 14.9 Å². The number of aromatic nitrogens is 2. The molecule has 0 fully saturated rings. The topological polar surface area (TPSA) is 121 Å². The summed E-state index contributed by atoms with van der Waals surface area (Å²) >= 11 is 0. The summed E-state index contributed by atoms with van der Waals surface area (Å²) in [6.07, 6.45) is 3.01. The molecule has 106 valence electrons. The maximum atomic E-state index is 11.1. The predicted molar refractivity (Wildman–Crippen MR) is 70.4 cm³/mol. The SMILES string of the molecule is NS(=O)(=O)c1cn(CCc2ccccc2[N+](=O)[O-])cn1. The van der Waals surface area contributed by atoms with Crippen molar-refractivity contribution in [3.63, 3.8) is 0 Å². The molecule has 8 nitrogen and oxygen atoms in total. The van der Waals surface area contributed by atoms with E-state index in [1.165, 1.54) is 23.2 Å². The molecule has 1 aromatic heterocycles. The molecule has 0 aliphatic carbocycles. The van der Waals surface area contributed by atoms with Crippen molar-refractivity contribution in [3.05, 3.63) is 52.5 Å². The molecule has 0 amide bonds.